The number of nitrogens with two attached hydrogens (primary N) is 1. The number of hydrogen-bond acceptors (Lipinski definition) is 2. The van der Waals surface area contributed by atoms with Gasteiger partial charge >= 0.3 is 6.03 Å². The van der Waals surface area contributed by atoms with Crippen molar-refractivity contribution in [2.45, 2.75) is 76.8 Å². The minimum absolute atomic E-state index is 0.143. The van der Waals surface area contributed by atoms with Crippen LogP contribution in [0.2, 0.25) is 0 Å². The van der Waals surface area contributed by atoms with E-state index in [-0.39, 0.29) is 6.03 Å². The number of nitrogens with zero attached hydrogens (tertiary/aromatic N) is 1. The molecular weight excluding hydrogens is 250 g/mol. The fraction of sp³-hybridized carbons (Fsp3) is 0.938. The van der Waals surface area contributed by atoms with E-state index >= 15 is 0 Å². The first-order valence-electron chi connectivity index (χ1n) is 8.53. The van der Waals surface area contributed by atoms with Crippen molar-refractivity contribution in [3.63, 3.8) is 0 Å². The van der Waals surface area contributed by atoms with E-state index in [1.165, 1.54) is 38.5 Å². The number of nitrogens with one attached hydrogen (secondary N) is 1. The van der Waals surface area contributed by atoms with Crippen LogP contribution in [0.3, 0.4) is 0 Å². The highest BCUT2D eigenvalue weighted by Crippen LogP contribution is 2.28. The van der Waals surface area contributed by atoms with Gasteiger partial charge in [-0.2, -0.15) is 0 Å². The number of carbonyl (C=O) groups is 1. The van der Waals surface area contributed by atoms with Gasteiger partial charge in [-0.15, -0.1) is 0 Å². The number of rotatable bonds is 4. The quantitative estimate of drug-likeness (QED) is 0.832. The lowest BCUT2D eigenvalue weighted by Crippen LogP contribution is -2.53. The minimum atomic E-state index is 0.143. The average molecular weight is 281 g/mol. The van der Waals surface area contributed by atoms with Gasteiger partial charge in [0.25, 0.3) is 0 Å². The van der Waals surface area contributed by atoms with Crippen molar-refractivity contribution in [3.05, 3.63) is 0 Å². The zero-order chi connectivity index (χ0) is 14.4. The fourth-order valence-corrected chi connectivity index (χ4v) is 3.91. The molecule has 0 bridgehead atoms. The molecule has 0 spiro atoms. The molecule has 2 saturated carbocycles. The van der Waals surface area contributed by atoms with Gasteiger partial charge in [-0.3, -0.25) is 0 Å². The predicted molar refractivity (Wildman–Crippen MR) is 82.6 cm³/mol. The lowest BCUT2D eigenvalue weighted by atomic mass is 9.83. The van der Waals surface area contributed by atoms with Crippen molar-refractivity contribution in [2.75, 3.05) is 13.1 Å². The van der Waals surface area contributed by atoms with E-state index in [1.54, 1.807) is 0 Å². The van der Waals surface area contributed by atoms with Crippen molar-refractivity contribution < 1.29 is 4.79 Å². The number of amides is 2. The summed E-state index contributed by atoms with van der Waals surface area (Å²) in [6.07, 6.45) is 10.9. The van der Waals surface area contributed by atoms with Crippen LogP contribution >= 0.6 is 0 Å². The summed E-state index contributed by atoms with van der Waals surface area (Å²) in [5.41, 5.74) is 5.91. The van der Waals surface area contributed by atoms with Crippen LogP contribution in [0.4, 0.5) is 4.79 Å². The van der Waals surface area contributed by atoms with E-state index in [0.717, 1.165) is 25.8 Å². The van der Waals surface area contributed by atoms with Gasteiger partial charge in [0, 0.05) is 18.6 Å². The molecule has 0 radical (unpaired) electrons. The molecule has 2 fully saturated rings. The van der Waals surface area contributed by atoms with Gasteiger partial charge in [0.15, 0.2) is 0 Å². The molecule has 2 atom stereocenters. The predicted octanol–water partition coefficient (Wildman–Crippen LogP) is 2.87. The second kappa shape index (κ2) is 7.87. The van der Waals surface area contributed by atoms with Gasteiger partial charge in [0.2, 0.25) is 0 Å². The van der Waals surface area contributed by atoms with Crippen LogP contribution in [0.1, 0.15) is 64.7 Å². The van der Waals surface area contributed by atoms with E-state index in [1.807, 2.05) is 4.90 Å². The third-order valence-electron chi connectivity index (χ3n) is 5.11. The Balaban J connectivity index is 1.93. The van der Waals surface area contributed by atoms with Crippen molar-refractivity contribution in [1.82, 2.24) is 10.2 Å². The molecule has 0 aromatic heterocycles. The Hall–Kier alpha value is -0.770. The molecule has 0 heterocycles. The molecule has 2 amide bonds. The lowest BCUT2D eigenvalue weighted by molar-refractivity contribution is 0.122. The fourth-order valence-electron chi connectivity index (χ4n) is 3.91. The largest absolute Gasteiger partial charge is 0.335 e. The van der Waals surface area contributed by atoms with Crippen LogP contribution in [0.25, 0.3) is 0 Å². The van der Waals surface area contributed by atoms with Gasteiger partial charge in [0.1, 0.15) is 0 Å². The van der Waals surface area contributed by atoms with Gasteiger partial charge in [0.05, 0.1) is 0 Å². The molecule has 0 aromatic carbocycles. The summed E-state index contributed by atoms with van der Waals surface area (Å²) in [4.78, 5) is 14.6. The molecule has 20 heavy (non-hydrogen) atoms. The number of hydrogen-bond donors (Lipinski definition) is 2. The van der Waals surface area contributed by atoms with Crippen LogP contribution in [0.15, 0.2) is 0 Å². The molecule has 0 aliphatic heterocycles. The first-order chi connectivity index (χ1) is 9.76. The van der Waals surface area contributed by atoms with E-state index in [2.05, 4.69) is 12.2 Å². The molecule has 116 valence electrons. The molecule has 2 aliphatic rings. The summed E-state index contributed by atoms with van der Waals surface area (Å²) in [5, 5.41) is 3.26. The summed E-state index contributed by atoms with van der Waals surface area (Å²) < 4.78 is 0. The Morgan fingerprint density at radius 1 is 1.10 bits per heavy atom. The summed E-state index contributed by atoms with van der Waals surface area (Å²) in [6.45, 7) is 3.58. The zero-order valence-corrected chi connectivity index (χ0v) is 12.9. The minimum Gasteiger partial charge on any atom is -0.335 e. The van der Waals surface area contributed by atoms with Gasteiger partial charge < -0.3 is 16.0 Å². The van der Waals surface area contributed by atoms with Crippen molar-refractivity contribution >= 4 is 6.03 Å². The highest BCUT2D eigenvalue weighted by atomic mass is 16.2. The highest BCUT2D eigenvalue weighted by Gasteiger charge is 2.32. The van der Waals surface area contributed by atoms with Crippen molar-refractivity contribution in [1.29, 1.82) is 0 Å². The third-order valence-corrected chi connectivity index (χ3v) is 5.11. The third kappa shape index (κ3) is 3.87. The van der Waals surface area contributed by atoms with E-state index in [0.29, 0.717) is 24.5 Å². The summed E-state index contributed by atoms with van der Waals surface area (Å²) in [6, 6.07) is 0.886. The molecule has 4 nitrogen and oxygen atoms in total. The van der Waals surface area contributed by atoms with Crippen LogP contribution in [0.5, 0.6) is 0 Å². The van der Waals surface area contributed by atoms with E-state index in [9.17, 15) is 4.79 Å². The molecule has 3 N–H and O–H groups in total. The standard InChI is InChI=1S/C16H31N3O/c1-2-19(15-11-7-6-8-13(15)12-17)16(20)18-14-9-4-3-5-10-14/h13-15H,2-12,17H2,1H3,(H,18,20). The molecule has 2 unspecified atom stereocenters. The van der Waals surface area contributed by atoms with Gasteiger partial charge in [-0.1, -0.05) is 32.1 Å². The van der Waals surface area contributed by atoms with Gasteiger partial charge in [-0.25, -0.2) is 4.79 Å². The smallest absolute Gasteiger partial charge is 0.317 e. The molecule has 0 saturated heterocycles. The first kappa shape index (κ1) is 15.6. The monoisotopic (exact) mass is 281 g/mol. The molecule has 2 aliphatic carbocycles. The number of carbonyl (C=O) groups excluding carboxylic acids is 1. The average Bonchev–Trinajstić information content (AvgIpc) is 2.49. The Morgan fingerprint density at radius 2 is 1.75 bits per heavy atom. The maximum absolute atomic E-state index is 12.6. The summed E-state index contributed by atoms with van der Waals surface area (Å²) in [7, 11) is 0. The Labute approximate surface area is 123 Å². The molecule has 0 aromatic rings. The molecular formula is C16H31N3O. The maximum Gasteiger partial charge on any atom is 0.317 e. The van der Waals surface area contributed by atoms with Crippen LogP contribution in [-0.2, 0) is 0 Å². The lowest BCUT2D eigenvalue weighted by Gasteiger charge is -2.40. The van der Waals surface area contributed by atoms with Gasteiger partial charge in [-0.05, 0) is 45.1 Å². The van der Waals surface area contributed by atoms with E-state index in [4.69, 9.17) is 5.73 Å². The number of urea groups is 1. The SMILES string of the molecule is CCN(C(=O)NC1CCCCC1)C1CCCCC1CN. The summed E-state index contributed by atoms with van der Waals surface area (Å²) in [5.74, 6) is 0.487. The Morgan fingerprint density at radius 3 is 2.40 bits per heavy atom. The van der Waals surface area contributed by atoms with Crippen LogP contribution in [0, 0.1) is 5.92 Å². The summed E-state index contributed by atoms with van der Waals surface area (Å²) >= 11 is 0. The zero-order valence-electron chi connectivity index (χ0n) is 12.9. The first-order valence-corrected chi connectivity index (χ1v) is 8.53. The van der Waals surface area contributed by atoms with Crippen molar-refractivity contribution in [3.8, 4) is 0 Å². The molecule has 2 rings (SSSR count). The molecule has 4 heteroatoms. The topological polar surface area (TPSA) is 58.4 Å². The van der Waals surface area contributed by atoms with Crippen molar-refractivity contribution in [2.24, 2.45) is 11.7 Å². The highest BCUT2D eigenvalue weighted by molar-refractivity contribution is 5.75. The van der Waals surface area contributed by atoms with E-state index < -0.39 is 0 Å². The second-order valence-corrected chi connectivity index (χ2v) is 6.42. The second-order valence-electron chi connectivity index (χ2n) is 6.42. The Bertz CT molecular complexity index is 302. The normalized spacial score (nSPS) is 28.1. The van der Waals surface area contributed by atoms with Crippen LogP contribution < -0.4 is 11.1 Å². The maximum atomic E-state index is 12.6. The Kier molecular flexibility index (Phi) is 6.14. The van der Waals surface area contributed by atoms with Crippen LogP contribution in [-0.4, -0.2) is 36.1 Å².